The van der Waals surface area contributed by atoms with Crippen molar-refractivity contribution in [1.82, 2.24) is 9.97 Å². The molecule has 2 aliphatic rings. The number of amides is 1. The fourth-order valence-electron chi connectivity index (χ4n) is 5.86. The molecule has 168 valence electrons. The number of pyridine rings is 2. The van der Waals surface area contributed by atoms with Crippen molar-refractivity contribution in [2.24, 2.45) is 23.5 Å². The Morgan fingerprint density at radius 2 is 1.91 bits per heavy atom. The van der Waals surface area contributed by atoms with Crippen LogP contribution in [0.1, 0.15) is 49.8 Å². The smallest absolute Gasteiger partial charge is 0.244 e. The zero-order chi connectivity index (χ0) is 23.2. The summed E-state index contributed by atoms with van der Waals surface area (Å²) in [5, 5.41) is 3.81. The van der Waals surface area contributed by atoms with Gasteiger partial charge in [0.15, 0.2) is 0 Å². The van der Waals surface area contributed by atoms with E-state index < -0.39 is 5.54 Å². The van der Waals surface area contributed by atoms with Crippen molar-refractivity contribution in [3.8, 4) is 12.3 Å². The number of halogens is 1. The average molecular weight is 443 g/mol. The lowest BCUT2D eigenvalue weighted by molar-refractivity contribution is -0.122. The summed E-state index contributed by atoms with van der Waals surface area (Å²) >= 11 is 0. The van der Waals surface area contributed by atoms with Gasteiger partial charge in [0.05, 0.1) is 22.9 Å². The number of hydrogen-bond acceptors (Lipinski definition) is 4. The highest BCUT2D eigenvalue weighted by atomic mass is 19.1. The van der Waals surface area contributed by atoms with Gasteiger partial charge < -0.3 is 11.1 Å². The zero-order valence-electron chi connectivity index (χ0n) is 18.6. The minimum atomic E-state index is -0.975. The molecule has 0 saturated heterocycles. The first-order valence-corrected chi connectivity index (χ1v) is 11.4. The Balaban J connectivity index is 1.27. The Kier molecular flexibility index (Phi) is 5.38. The highest BCUT2D eigenvalue weighted by Crippen LogP contribution is 2.55. The molecule has 6 heteroatoms. The van der Waals surface area contributed by atoms with Crippen LogP contribution in [0.2, 0.25) is 0 Å². The van der Waals surface area contributed by atoms with Crippen LogP contribution in [0.25, 0.3) is 10.9 Å². The van der Waals surface area contributed by atoms with Crippen LogP contribution < -0.4 is 11.1 Å². The Morgan fingerprint density at radius 1 is 1.15 bits per heavy atom. The fraction of sp³-hybridized carbons (Fsp3) is 0.370. The Bertz CT molecular complexity index is 1230. The molecule has 3 N–H and O–H groups in total. The van der Waals surface area contributed by atoms with Crippen LogP contribution in [0.4, 0.5) is 10.1 Å². The highest BCUT2D eigenvalue weighted by Gasteiger charge is 2.49. The average Bonchev–Trinajstić information content (AvgIpc) is 3.39. The number of carbonyl (C=O) groups excluding carboxylic acids is 1. The van der Waals surface area contributed by atoms with Crippen LogP contribution in [-0.4, -0.2) is 21.4 Å². The van der Waals surface area contributed by atoms with Gasteiger partial charge in [-0.1, -0.05) is 5.92 Å². The molecule has 1 unspecified atom stereocenters. The number of nitrogens with two attached hydrogens (primary N) is 1. The van der Waals surface area contributed by atoms with Crippen LogP contribution in [-0.2, 0) is 4.79 Å². The molecule has 5 atom stereocenters. The minimum Gasteiger partial charge on any atom is -0.323 e. The lowest BCUT2D eigenvalue weighted by Crippen LogP contribution is -2.53. The third-order valence-electron chi connectivity index (χ3n) is 7.70. The molecule has 2 saturated carbocycles. The molecule has 2 heterocycles. The van der Waals surface area contributed by atoms with Gasteiger partial charge in [0, 0.05) is 11.6 Å². The summed E-state index contributed by atoms with van der Waals surface area (Å²) in [7, 11) is 0. The Hall–Kier alpha value is -3.30. The molecule has 2 aliphatic carbocycles. The second-order valence-electron chi connectivity index (χ2n) is 9.73. The van der Waals surface area contributed by atoms with E-state index in [2.05, 4.69) is 21.2 Å². The summed E-state index contributed by atoms with van der Waals surface area (Å²) in [5.41, 5.74) is 8.74. The number of terminal acetylenes is 1. The fourth-order valence-corrected chi connectivity index (χ4v) is 5.86. The first-order valence-electron chi connectivity index (χ1n) is 11.4. The lowest BCUT2D eigenvalue weighted by atomic mass is 9.81. The standard InChI is InChI=1S/C27H27FN4O/c1-3-21-5-6-22(15-31-21)32-26(33)27(2,29)19-12-16-10-18(11-17(16)13-19)23-8-9-30-25-7-4-20(28)14-24(23)25/h1,4-9,14-19H,10-13,29H2,2H3,(H,32,33)/t16-,17+,18-,19+,27?. The number of carbonyl (C=O) groups is 1. The van der Waals surface area contributed by atoms with Crippen LogP contribution in [0.3, 0.4) is 0 Å². The molecule has 2 aromatic heterocycles. The molecular formula is C27H27FN4O. The normalized spacial score (nSPS) is 25.9. The van der Waals surface area contributed by atoms with Gasteiger partial charge in [-0.15, -0.1) is 6.42 Å². The molecule has 0 bridgehead atoms. The lowest BCUT2D eigenvalue weighted by Gasteiger charge is -2.31. The number of aromatic nitrogens is 2. The Labute approximate surface area is 193 Å². The SMILES string of the molecule is C#Cc1ccc(NC(=O)C(C)(N)[C@H]2C[C@H]3C[C@@H](c4ccnc5ccc(F)cc45)C[C@H]3C2)cn1. The summed E-state index contributed by atoms with van der Waals surface area (Å²) in [5.74, 6) is 3.56. The summed E-state index contributed by atoms with van der Waals surface area (Å²) in [6, 6.07) is 10.3. The topological polar surface area (TPSA) is 80.9 Å². The molecule has 5 nitrogen and oxygen atoms in total. The van der Waals surface area contributed by atoms with Crippen LogP contribution >= 0.6 is 0 Å². The number of fused-ring (bicyclic) bond motifs is 2. The van der Waals surface area contributed by atoms with E-state index in [1.807, 2.05) is 19.2 Å². The molecule has 0 aliphatic heterocycles. The van der Waals surface area contributed by atoms with Gasteiger partial charge >= 0.3 is 0 Å². The predicted octanol–water partition coefficient (Wildman–Crippen LogP) is 4.63. The first-order chi connectivity index (χ1) is 15.8. The van der Waals surface area contributed by atoms with Gasteiger partial charge in [-0.3, -0.25) is 9.78 Å². The molecule has 33 heavy (non-hydrogen) atoms. The van der Waals surface area contributed by atoms with Crippen LogP contribution in [0, 0.1) is 35.9 Å². The van der Waals surface area contributed by atoms with E-state index >= 15 is 0 Å². The maximum atomic E-state index is 13.9. The number of rotatable bonds is 4. The van der Waals surface area contributed by atoms with Crippen molar-refractivity contribution >= 4 is 22.5 Å². The summed E-state index contributed by atoms with van der Waals surface area (Å²) in [4.78, 5) is 21.5. The van der Waals surface area contributed by atoms with E-state index in [0.29, 0.717) is 29.1 Å². The second kappa shape index (κ2) is 8.24. The quantitative estimate of drug-likeness (QED) is 0.578. The van der Waals surface area contributed by atoms with E-state index in [0.717, 1.165) is 36.6 Å². The largest absolute Gasteiger partial charge is 0.323 e. The first kappa shape index (κ1) is 21.5. The molecule has 0 spiro atoms. The van der Waals surface area contributed by atoms with Crippen molar-refractivity contribution in [3.63, 3.8) is 0 Å². The van der Waals surface area contributed by atoms with Crippen molar-refractivity contribution in [2.75, 3.05) is 5.32 Å². The number of nitrogens with one attached hydrogen (secondary N) is 1. The van der Waals surface area contributed by atoms with Crippen molar-refractivity contribution in [3.05, 3.63) is 65.9 Å². The number of anilines is 1. The van der Waals surface area contributed by atoms with Gasteiger partial charge in [0.1, 0.15) is 11.5 Å². The van der Waals surface area contributed by atoms with Gasteiger partial charge in [-0.05, 0) is 98.2 Å². The highest BCUT2D eigenvalue weighted by molar-refractivity contribution is 5.97. The molecule has 0 radical (unpaired) electrons. The van der Waals surface area contributed by atoms with E-state index in [1.54, 1.807) is 30.5 Å². The summed E-state index contributed by atoms with van der Waals surface area (Å²) in [6.07, 6.45) is 12.6. The minimum absolute atomic E-state index is 0.109. The molecule has 3 aromatic rings. The van der Waals surface area contributed by atoms with E-state index in [1.165, 1.54) is 11.6 Å². The maximum Gasteiger partial charge on any atom is 0.244 e. The second-order valence-corrected chi connectivity index (χ2v) is 9.73. The summed E-state index contributed by atoms with van der Waals surface area (Å²) in [6.45, 7) is 1.83. The van der Waals surface area contributed by atoms with Crippen molar-refractivity contribution < 1.29 is 9.18 Å². The van der Waals surface area contributed by atoms with Gasteiger partial charge in [0.2, 0.25) is 5.91 Å². The molecule has 5 rings (SSSR count). The van der Waals surface area contributed by atoms with Crippen LogP contribution in [0.5, 0.6) is 0 Å². The maximum absolute atomic E-state index is 13.9. The third kappa shape index (κ3) is 3.98. The van der Waals surface area contributed by atoms with Crippen molar-refractivity contribution in [2.45, 2.75) is 44.1 Å². The van der Waals surface area contributed by atoms with E-state index in [4.69, 9.17) is 12.2 Å². The Morgan fingerprint density at radius 3 is 2.58 bits per heavy atom. The molecule has 2 fully saturated rings. The number of hydrogen-bond donors (Lipinski definition) is 2. The van der Waals surface area contributed by atoms with Crippen molar-refractivity contribution in [1.29, 1.82) is 0 Å². The van der Waals surface area contributed by atoms with E-state index in [9.17, 15) is 9.18 Å². The van der Waals surface area contributed by atoms with Gasteiger partial charge in [-0.2, -0.15) is 0 Å². The van der Waals surface area contributed by atoms with Gasteiger partial charge in [0.25, 0.3) is 0 Å². The van der Waals surface area contributed by atoms with Crippen LogP contribution in [0.15, 0.2) is 48.8 Å². The molecule has 1 amide bonds. The third-order valence-corrected chi connectivity index (χ3v) is 7.70. The predicted molar refractivity (Wildman–Crippen MR) is 127 cm³/mol. The molecular weight excluding hydrogens is 415 g/mol. The van der Waals surface area contributed by atoms with Gasteiger partial charge in [-0.25, -0.2) is 9.37 Å². The van der Waals surface area contributed by atoms with E-state index in [-0.39, 0.29) is 17.6 Å². The number of benzene rings is 1. The molecule has 1 aromatic carbocycles. The zero-order valence-corrected chi connectivity index (χ0v) is 18.6. The monoisotopic (exact) mass is 442 g/mol. The summed E-state index contributed by atoms with van der Waals surface area (Å²) < 4.78 is 13.9. The number of nitrogens with zero attached hydrogens (tertiary/aromatic N) is 2.